The molecule has 0 saturated carbocycles. The second-order valence-electron chi connectivity index (χ2n) is 4.25. The van der Waals surface area contributed by atoms with Crippen molar-refractivity contribution in [3.63, 3.8) is 0 Å². The fourth-order valence-corrected chi connectivity index (χ4v) is 2.04. The lowest BCUT2D eigenvalue weighted by molar-refractivity contribution is 1.03. The molecule has 0 unspecified atom stereocenters. The van der Waals surface area contributed by atoms with Gasteiger partial charge < -0.3 is 11.1 Å². The Labute approximate surface area is 118 Å². The standard InChI is InChI=1S/C15H17N3S/c1-2-11-6-3-4-7-12(11)10-17-14-9-5-8-13(18-14)15(16)19/h3-9H,2,10H2,1H3,(H2,16,19)(H,17,18). The molecule has 1 aromatic carbocycles. The van der Waals surface area contributed by atoms with Crippen LogP contribution in [0.4, 0.5) is 5.82 Å². The number of pyridine rings is 1. The molecule has 0 spiro atoms. The average Bonchev–Trinajstić information content (AvgIpc) is 2.45. The van der Waals surface area contributed by atoms with Crippen LogP contribution in [0.25, 0.3) is 0 Å². The molecule has 0 aliphatic carbocycles. The molecule has 2 rings (SSSR count). The Morgan fingerprint density at radius 3 is 2.58 bits per heavy atom. The van der Waals surface area contributed by atoms with Crippen LogP contribution in [0.3, 0.4) is 0 Å². The van der Waals surface area contributed by atoms with Crippen molar-refractivity contribution in [3.05, 3.63) is 59.3 Å². The van der Waals surface area contributed by atoms with Crippen molar-refractivity contribution < 1.29 is 0 Å². The van der Waals surface area contributed by atoms with E-state index in [9.17, 15) is 0 Å². The first kappa shape index (κ1) is 13.5. The molecule has 98 valence electrons. The minimum atomic E-state index is 0.317. The second kappa shape index (κ2) is 6.29. The van der Waals surface area contributed by atoms with Gasteiger partial charge in [-0.15, -0.1) is 0 Å². The smallest absolute Gasteiger partial charge is 0.127 e. The van der Waals surface area contributed by atoms with E-state index in [1.165, 1.54) is 11.1 Å². The van der Waals surface area contributed by atoms with Crippen molar-refractivity contribution in [1.82, 2.24) is 4.98 Å². The largest absolute Gasteiger partial charge is 0.388 e. The summed E-state index contributed by atoms with van der Waals surface area (Å²) in [5.74, 6) is 0.788. The summed E-state index contributed by atoms with van der Waals surface area (Å²) >= 11 is 4.93. The summed E-state index contributed by atoms with van der Waals surface area (Å²) < 4.78 is 0. The van der Waals surface area contributed by atoms with Crippen molar-refractivity contribution in [2.45, 2.75) is 19.9 Å². The number of aromatic nitrogens is 1. The van der Waals surface area contributed by atoms with Crippen LogP contribution < -0.4 is 11.1 Å². The normalized spacial score (nSPS) is 10.2. The molecule has 0 fully saturated rings. The van der Waals surface area contributed by atoms with Crippen LogP contribution in [-0.4, -0.2) is 9.97 Å². The highest BCUT2D eigenvalue weighted by Gasteiger charge is 2.02. The quantitative estimate of drug-likeness (QED) is 0.821. The van der Waals surface area contributed by atoms with Crippen molar-refractivity contribution >= 4 is 23.0 Å². The fourth-order valence-electron chi connectivity index (χ4n) is 1.93. The Balaban J connectivity index is 2.10. The van der Waals surface area contributed by atoms with Crippen LogP contribution in [-0.2, 0) is 13.0 Å². The third-order valence-electron chi connectivity index (χ3n) is 2.96. The highest BCUT2D eigenvalue weighted by molar-refractivity contribution is 7.80. The van der Waals surface area contributed by atoms with E-state index in [4.69, 9.17) is 18.0 Å². The van der Waals surface area contributed by atoms with Gasteiger partial charge in [-0.05, 0) is 29.7 Å². The van der Waals surface area contributed by atoms with Gasteiger partial charge in [0.05, 0.1) is 5.69 Å². The number of benzene rings is 1. The van der Waals surface area contributed by atoms with Gasteiger partial charge in [0.2, 0.25) is 0 Å². The Bertz CT molecular complexity index is 581. The predicted octanol–water partition coefficient (Wildman–Crippen LogP) is 2.89. The minimum Gasteiger partial charge on any atom is -0.388 e. The molecule has 0 aliphatic rings. The van der Waals surface area contributed by atoms with E-state index in [1.54, 1.807) is 0 Å². The van der Waals surface area contributed by atoms with Crippen LogP contribution in [0.15, 0.2) is 42.5 Å². The van der Waals surface area contributed by atoms with Gasteiger partial charge in [0, 0.05) is 6.54 Å². The summed E-state index contributed by atoms with van der Waals surface area (Å²) in [7, 11) is 0. The first-order chi connectivity index (χ1) is 9.20. The number of aryl methyl sites for hydroxylation is 1. The molecule has 19 heavy (non-hydrogen) atoms. The summed E-state index contributed by atoms with van der Waals surface area (Å²) in [6.45, 7) is 2.91. The molecule has 1 aromatic heterocycles. The Morgan fingerprint density at radius 2 is 1.89 bits per heavy atom. The molecule has 1 heterocycles. The van der Waals surface area contributed by atoms with Gasteiger partial charge in [-0.1, -0.05) is 49.5 Å². The lowest BCUT2D eigenvalue weighted by atomic mass is 10.1. The molecule has 0 saturated heterocycles. The number of hydrogen-bond acceptors (Lipinski definition) is 3. The van der Waals surface area contributed by atoms with Gasteiger partial charge in [0.15, 0.2) is 0 Å². The number of hydrogen-bond donors (Lipinski definition) is 2. The van der Waals surface area contributed by atoms with Crippen LogP contribution in [0.1, 0.15) is 23.7 Å². The first-order valence-electron chi connectivity index (χ1n) is 6.28. The molecular formula is C15H17N3S. The van der Waals surface area contributed by atoms with E-state index in [0.717, 1.165) is 18.8 Å². The van der Waals surface area contributed by atoms with Crippen LogP contribution in [0.5, 0.6) is 0 Å². The van der Waals surface area contributed by atoms with E-state index in [2.05, 4.69) is 41.5 Å². The fraction of sp³-hybridized carbons (Fsp3) is 0.200. The Morgan fingerprint density at radius 1 is 1.16 bits per heavy atom. The molecule has 0 atom stereocenters. The van der Waals surface area contributed by atoms with Gasteiger partial charge in [-0.2, -0.15) is 0 Å². The molecule has 0 bridgehead atoms. The van der Waals surface area contributed by atoms with E-state index < -0.39 is 0 Å². The molecular weight excluding hydrogens is 254 g/mol. The van der Waals surface area contributed by atoms with Crippen molar-refractivity contribution in [3.8, 4) is 0 Å². The number of rotatable bonds is 5. The minimum absolute atomic E-state index is 0.317. The van der Waals surface area contributed by atoms with Gasteiger partial charge >= 0.3 is 0 Å². The van der Waals surface area contributed by atoms with Gasteiger partial charge in [-0.25, -0.2) is 4.98 Å². The maximum atomic E-state index is 5.58. The van der Waals surface area contributed by atoms with E-state index in [-0.39, 0.29) is 0 Å². The first-order valence-corrected chi connectivity index (χ1v) is 6.69. The monoisotopic (exact) mass is 271 g/mol. The predicted molar refractivity (Wildman–Crippen MR) is 83.3 cm³/mol. The van der Waals surface area contributed by atoms with Gasteiger partial charge in [0.1, 0.15) is 10.8 Å². The van der Waals surface area contributed by atoms with Gasteiger partial charge in [0.25, 0.3) is 0 Å². The molecule has 0 aliphatic heterocycles. The van der Waals surface area contributed by atoms with E-state index in [0.29, 0.717) is 10.7 Å². The second-order valence-corrected chi connectivity index (χ2v) is 4.69. The number of nitrogens with two attached hydrogens (primary N) is 1. The number of nitrogens with one attached hydrogen (secondary N) is 1. The highest BCUT2D eigenvalue weighted by atomic mass is 32.1. The molecule has 0 amide bonds. The van der Waals surface area contributed by atoms with Crippen LogP contribution >= 0.6 is 12.2 Å². The number of anilines is 1. The van der Waals surface area contributed by atoms with Gasteiger partial charge in [-0.3, -0.25) is 0 Å². The summed E-state index contributed by atoms with van der Waals surface area (Å²) in [4.78, 5) is 4.68. The third kappa shape index (κ3) is 3.51. The Hall–Kier alpha value is -1.94. The summed E-state index contributed by atoms with van der Waals surface area (Å²) in [5.41, 5.74) is 8.85. The lowest BCUT2D eigenvalue weighted by Crippen LogP contribution is -2.13. The summed E-state index contributed by atoms with van der Waals surface area (Å²) in [6, 6.07) is 14.0. The summed E-state index contributed by atoms with van der Waals surface area (Å²) in [5, 5.41) is 3.30. The van der Waals surface area contributed by atoms with Crippen LogP contribution in [0.2, 0.25) is 0 Å². The van der Waals surface area contributed by atoms with E-state index in [1.807, 2.05) is 18.2 Å². The maximum absolute atomic E-state index is 5.58. The third-order valence-corrected chi connectivity index (χ3v) is 3.17. The lowest BCUT2D eigenvalue weighted by Gasteiger charge is -2.10. The number of nitrogens with zero attached hydrogens (tertiary/aromatic N) is 1. The molecule has 3 nitrogen and oxygen atoms in total. The van der Waals surface area contributed by atoms with E-state index >= 15 is 0 Å². The van der Waals surface area contributed by atoms with Crippen molar-refractivity contribution in [2.75, 3.05) is 5.32 Å². The van der Waals surface area contributed by atoms with Crippen LogP contribution in [0, 0.1) is 0 Å². The van der Waals surface area contributed by atoms with Crippen molar-refractivity contribution in [1.29, 1.82) is 0 Å². The SMILES string of the molecule is CCc1ccccc1CNc1cccc(C(N)=S)n1. The maximum Gasteiger partial charge on any atom is 0.127 e. The van der Waals surface area contributed by atoms with Crippen molar-refractivity contribution in [2.24, 2.45) is 5.73 Å². The molecule has 4 heteroatoms. The highest BCUT2D eigenvalue weighted by Crippen LogP contribution is 2.12. The zero-order chi connectivity index (χ0) is 13.7. The topological polar surface area (TPSA) is 50.9 Å². The number of thiocarbonyl (C=S) groups is 1. The molecule has 3 N–H and O–H groups in total. The zero-order valence-electron chi connectivity index (χ0n) is 10.9. The Kier molecular flexibility index (Phi) is 4.47. The zero-order valence-corrected chi connectivity index (χ0v) is 11.7. The molecule has 2 aromatic rings. The summed E-state index contributed by atoms with van der Waals surface area (Å²) in [6.07, 6.45) is 1.03. The average molecular weight is 271 g/mol. The molecule has 0 radical (unpaired) electrons.